The third-order valence-electron chi connectivity index (χ3n) is 7.00. The number of benzene rings is 3. The number of rotatable bonds is 11. The van der Waals surface area contributed by atoms with Gasteiger partial charge in [-0.1, -0.05) is 73.3 Å². The molecule has 41 heavy (non-hydrogen) atoms. The van der Waals surface area contributed by atoms with Gasteiger partial charge in [-0.2, -0.15) is 0 Å². The maximum atomic E-state index is 10.8. The summed E-state index contributed by atoms with van der Waals surface area (Å²) in [6.45, 7) is 5.99. The van der Waals surface area contributed by atoms with Crippen LogP contribution in [0.3, 0.4) is 0 Å². The van der Waals surface area contributed by atoms with E-state index in [1.54, 1.807) is 0 Å². The zero-order chi connectivity index (χ0) is 28.2. The molecular formula is C33H41ClN4O3. The lowest BCUT2D eigenvalue weighted by Gasteiger charge is -2.40. The van der Waals surface area contributed by atoms with Crippen LogP contribution in [0, 0.1) is 11.8 Å². The molecular weight excluding hydrogens is 536 g/mol. The molecule has 1 heterocycles. The average molecular weight is 577 g/mol. The number of urea groups is 1. The van der Waals surface area contributed by atoms with Crippen molar-refractivity contribution in [3.63, 3.8) is 0 Å². The van der Waals surface area contributed by atoms with Gasteiger partial charge < -0.3 is 15.4 Å². The second-order valence-corrected chi connectivity index (χ2v) is 10.3. The lowest BCUT2D eigenvalue weighted by Crippen LogP contribution is -2.48. The van der Waals surface area contributed by atoms with Crippen LogP contribution in [0.5, 0.6) is 5.75 Å². The molecule has 4 rings (SSSR count). The van der Waals surface area contributed by atoms with E-state index in [0.717, 1.165) is 61.9 Å². The molecule has 1 atom stereocenters. The number of nitrogens with zero attached hydrogens (tertiary/aromatic N) is 3. The summed E-state index contributed by atoms with van der Waals surface area (Å²) in [4.78, 5) is 15.9. The minimum Gasteiger partial charge on any atom is -0.494 e. The SMILES string of the molecule is C.NC(=O)N(O)CCC#Cc1ccc(OCCCCN2CCN([C@H](c3ccccc3)c3ccc(Cl)cc3)CC2)cc1. The first kappa shape index (κ1) is 32.0. The third-order valence-corrected chi connectivity index (χ3v) is 7.25. The topological polar surface area (TPSA) is 82.3 Å². The molecule has 2 amide bonds. The molecule has 1 saturated heterocycles. The highest BCUT2D eigenvalue weighted by Gasteiger charge is 2.26. The number of carbonyl (C=O) groups is 1. The molecule has 1 aliphatic rings. The lowest BCUT2D eigenvalue weighted by molar-refractivity contribution is -0.0372. The first-order valence-corrected chi connectivity index (χ1v) is 14.1. The zero-order valence-corrected chi connectivity index (χ0v) is 23.5. The van der Waals surface area contributed by atoms with E-state index >= 15 is 0 Å². The lowest BCUT2D eigenvalue weighted by atomic mass is 9.96. The number of carbonyl (C=O) groups excluding carboxylic acids is 1. The summed E-state index contributed by atoms with van der Waals surface area (Å²) < 4.78 is 5.91. The number of ether oxygens (including phenoxy) is 1. The summed E-state index contributed by atoms with van der Waals surface area (Å²) in [6.07, 6.45) is 2.43. The molecule has 0 saturated carbocycles. The molecule has 3 aromatic carbocycles. The van der Waals surface area contributed by atoms with Gasteiger partial charge in [0.15, 0.2) is 0 Å². The number of hydrogen-bond acceptors (Lipinski definition) is 5. The van der Waals surface area contributed by atoms with E-state index in [9.17, 15) is 10.0 Å². The Kier molecular flexibility index (Phi) is 13.0. The van der Waals surface area contributed by atoms with Crippen LogP contribution in [0.15, 0.2) is 78.9 Å². The number of hydrogen-bond donors (Lipinski definition) is 2. The number of amides is 2. The number of hydroxylamine groups is 2. The molecule has 0 radical (unpaired) electrons. The Hall–Kier alpha value is -3.54. The smallest absolute Gasteiger partial charge is 0.338 e. The van der Waals surface area contributed by atoms with E-state index in [4.69, 9.17) is 22.1 Å². The van der Waals surface area contributed by atoms with Gasteiger partial charge in [0, 0.05) is 43.2 Å². The Balaban J connectivity index is 0.00000462. The highest BCUT2D eigenvalue weighted by atomic mass is 35.5. The summed E-state index contributed by atoms with van der Waals surface area (Å²) in [5.74, 6) is 6.74. The number of unbranched alkanes of at least 4 members (excludes halogenated alkanes) is 1. The summed E-state index contributed by atoms with van der Waals surface area (Å²) in [6, 6.07) is 26.0. The molecule has 7 nitrogen and oxygen atoms in total. The third kappa shape index (κ3) is 10.1. The van der Waals surface area contributed by atoms with Crippen molar-refractivity contribution < 1.29 is 14.7 Å². The predicted molar refractivity (Wildman–Crippen MR) is 165 cm³/mol. The van der Waals surface area contributed by atoms with Crippen LogP contribution in [0.1, 0.15) is 49.4 Å². The summed E-state index contributed by atoms with van der Waals surface area (Å²) in [5.41, 5.74) is 8.40. The van der Waals surface area contributed by atoms with Gasteiger partial charge in [0.2, 0.25) is 0 Å². The summed E-state index contributed by atoms with van der Waals surface area (Å²) >= 11 is 6.16. The van der Waals surface area contributed by atoms with E-state index in [1.807, 2.05) is 36.4 Å². The van der Waals surface area contributed by atoms with Gasteiger partial charge in [0.25, 0.3) is 0 Å². The molecule has 1 fully saturated rings. The zero-order valence-electron chi connectivity index (χ0n) is 22.7. The van der Waals surface area contributed by atoms with E-state index in [0.29, 0.717) is 18.1 Å². The Morgan fingerprint density at radius 2 is 1.61 bits per heavy atom. The van der Waals surface area contributed by atoms with Gasteiger partial charge in [-0.25, -0.2) is 9.86 Å². The van der Waals surface area contributed by atoms with Crippen molar-refractivity contribution in [1.82, 2.24) is 14.9 Å². The van der Waals surface area contributed by atoms with E-state index in [1.165, 1.54) is 11.1 Å². The molecule has 0 aromatic heterocycles. The number of halogens is 1. The molecule has 0 aliphatic carbocycles. The van der Waals surface area contributed by atoms with Crippen molar-refractivity contribution in [3.8, 4) is 17.6 Å². The standard InChI is InChI=1S/C32H37ClN4O3.CH4/c33-29-15-13-28(14-16-29)31(27-9-2-1-3-10-27)36-23-21-35(22-24-36)19-6-7-25-40-30-17-11-26(12-18-30)8-4-5-20-37(39)32(34)38;/h1-3,9-18,31,39H,5-7,19-25H2,(H2,34,38);1H4/t31-;/m1./s1. The fourth-order valence-electron chi connectivity index (χ4n) is 4.84. The van der Waals surface area contributed by atoms with Crippen molar-refractivity contribution in [2.24, 2.45) is 5.73 Å². The molecule has 0 spiro atoms. The summed E-state index contributed by atoms with van der Waals surface area (Å²) in [7, 11) is 0. The monoisotopic (exact) mass is 576 g/mol. The largest absolute Gasteiger partial charge is 0.494 e. The first-order valence-electron chi connectivity index (χ1n) is 13.7. The fraction of sp³-hybridized carbons (Fsp3) is 0.364. The average Bonchev–Trinajstić information content (AvgIpc) is 2.98. The highest BCUT2D eigenvalue weighted by Crippen LogP contribution is 2.30. The van der Waals surface area contributed by atoms with Crippen molar-refractivity contribution >= 4 is 17.6 Å². The number of piperazine rings is 1. The van der Waals surface area contributed by atoms with Gasteiger partial charge in [0.05, 0.1) is 19.2 Å². The predicted octanol–water partition coefficient (Wildman–Crippen LogP) is 6.05. The van der Waals surface area contributed by atoms with Crippen LogP contribution in [0.4, 0.5) is 4.79 Å². The summed E-state index contributed by atoms with van der Waals surface area (Å²) in [5, 5.41) is 10.5. The maximum absolute atomic E-state index is 10.8. The fourth-order valence-corrected chi connectivity index (χ4v) is 4.96. The van der Waals surface area contributed by atoms with Gasteiger partial charge >= 0.3 is 6.03 Å². The molecule has 0 bridgehead atoms. The maximum Gasteiger partial charge on any atom is 0.338 e. The second kappa shape index (κ2) is 16.7. The molecule has 3 aromatic rings. The van der Waals surface area contributed by atoms with Crippen LogP contribution < -0.4 is 10.5 Å². The van der Waals surface area contributed by atoms with Gasteiger partial charge in [-0.3, -0.25) is 10.1 Å². The quantitative estimate of drug-likeness (QED) is 0.126. The Labute approximate surface area is 249 Å². The Morgan fingerprint density at radius 3 is 2.27 bits per heavy atom. The van der Waals surface area contributed by atoms with E-state index in [-0.39, 0.29) is 20.0 Å². The normalized spacial score (nSPS) is 14.3. The number of primary amides is 1. The van der Waals surface area contributed by atoms with Gasteiger partial charge in [-0.15, -0.1) is 0 Å². The molecule has 218 valence electrons. The van der Waals surface area contributed by atoms with E-state index in [2.05, 4.69) is 64.1 Å². The minimum atomic E-state index is -0.881. The van der Waals surface area contributed by atoms with Crippen molar-refractivity contribution in [2.75, 3.05) is 45.9 Å². The molecule has 1 aliphatic heterocycles. The Morgan fingerprint density at radius 1 is 0.951 bits per heavy atom. The first-order chi connectivity index (χ1) is 19.5. The number of nitrogens with two attached hydrogens (primary N) is 1. The van der Waals surface area contributed by atoms with Crippen molar-refractivity contribution in [1.29, 1.82) is 0 Å². The van der Waals surface area contributed by atoms with Gasteiger partial charge in [0.1, 0.15) is 5.75 Å². The molecule has 0 unspecified atom stereocenters. The Bertz CT molecular complexity index is 1250. The van der Waals surface area contributed by atoms with Crippen LogP contribution in [-0.4, -0.2) is 72.0 Å². The highest BCUT2D eigenvalue weighted by molar-refractivity contribution is 6.30. The van der Waals surface area contributed by atoms with Crippen LogP contribution in [-0.2, 0) is 0 Å². The van der Waals surface area contributed by atoms with Crippen LogP contribution in [0.25, 0.3) is 0 Å². The second-order valence-electron chi connectivity index (χ2n) is 9.84. The van der Waals surface area contributed by atoms with Crippen molar-refractivity contribution in [2.45, 2.75) is 32.7 Å². The molecule has 8 heteroatoms. The molecule has 3 N–H and O–H groups in total. The van der Waals surface area contributed by atoms with E-state index < -0.39 is 6.03 Å². The van der Waals surface area contributed by atoms with Crippen LogP contribution >= 0.6 is 11.6 Å². The van der Waals surface area contributed by atoms with Crippen molar-refractivity contribution in [3.05, 3.63) is 101 Å². The van der Waals surface area contributed by atoms with Gasteiger partial charge in [-0.05, 0) is 66.9 Å². The van der Waals surface area contributed by atoms with Crippen LogP contribution in [0.2, 0.25) is 5.02 Å². The minimum absolute atomic E-state index is 0.